The molecule has 456 valence electrons. The number of fused-ring (bicyclic) bond motifs is 1. The highest BCUT2D eigenvalue weighted by molar-refractivity contribution is 14.1. The van der Waals surface area contributed by atoms with E-state index in [0.717, 1.165) is 31.4 Å². The molecule has 18 nitrogen and oxygen atoms in total. The molecule has 81 heavy (non-hydrogen) atoms. The van der Waals surface area contributed by atoms with Crippen molar-refractivity contribution < 1.29 is 71.6 Å². The Morgan fingerprint density at radius 1 is 0.864 bits per heavy atom. The van der Waals surface area contributed by atoms with E-state index in [2.05, 4.69) is 9.88 Å². The number of ether oxygens (including phenoxy) is 11. The van der Waals surface area contributed by atoms with Gasteiger partial charge < -0.3 is 62.1 Å². The summed E-state index contributed by atoms with van der Waals surface area (Å²) in [5.74, 6) is -3.64. The summed E-state index contributed by atoms with van der Waals surface area (Å²) in [5, 5.41) is 11.2. The van der Waals surface area contributed by atoms with E-state index in [-0.39, 0.29) is 43.0 Å². The van der Waals surface area contributed by atoms with Gasteiger partial charge in [-0.25, -0.2) is 0 Å². The number of likely N-dealkylation sites (N-methyl/N-ethyl adjacent to an activating group) is 1. The fraction of sp³-hybridized carbons (Fsp3) is 0.763. The minimum atomic E-state index is -1.48. The smallest absolute Gasteiger partial charge is 0.320 e. The molecule has 1 aliphatic carbocycles. The Balaban J connectivity index is 1.26. The van der Waals surface area contributed by atoms with Crippen LogP contribution >= 0.6 is 57.6 Å². The standard InChI is InChI=1S/C59H88Cl2IN3O15S/c1-31-26-58(8,73-15)52(78-55-47(64(10)11)44(71-13)24-32(2)74-55)34(4)49(77-45-27-57(7,72-14)51(67)36(6)75-45)35(5)53(68)79-56(62)59(9)46(33(3)48(31)66)50(54(69)80-59)81-23-22-65(30-39-40(60)28-63-29-41(39)61)37-20-21-42(70-12)43(25-37)76-38-18-16-17-19-38/h20-21,25,28-29,31-36,38,44-47,49-52,55-56,67H,16-19,22-24,26-27,30H2,1-15H3/t31-,32-,33-,34+,35-,36+,44-,45+,46+,47+,49+,50+,51+,52-,55+,56+,57-,58-,59+/m1/s1. The van der Waals surface area contributed by atoms with E-state index >= 15 is 9.59 Å². The lowest BCUT2D eigenvalue weighted by Gasteiger charge is -2.50. The zero-order valence-corrected chi connectivity index (χ0v) is 54.3. The first-order valence-electron chi connectivity index (χ1n) is 28.4. The summed E-state index contributed by atoms with van der Waals surface area (Å²) in [7, 11) is 10.3. The van der Waals surface area contributed by atoms with Gasteiger partial charge in [-0.05, 0) is 122 Å². The number of esters is 2. The van der Waals surface area contributed by atoms with Crippen LogP contribution in [0.25, 0.3) is 0 Å². The van der Waals surface area contributed by atoms with E-state index < -0.39 is 105 Å². The number of pyridine rings is 1. The lowest BCUT2D eigenvalue weighted by Crippen LogP contribution is -2.62. The van der Waals surface area contributed by atoms with Gasteiger partial charge in [-0.3, -0.25) is 24.3 Å². The van der Waals surface area contributed by atoms with Crippen molar-refractivity contribution >= 4 is 81.0 Å². The highest BCUT2D eigenvalue weighted by Crippen LogP contribution is 2.51. The first-order chi connectivity index (χ1) is 38.2. The molecule has 5 heterocycles. The molecule has 1 aromatic heterocycles. The average molecular weight is 1310 g/mol. The topological polar surface area (TPSA) is 192 Å². The van der Waals surface area contributed by atoms with Crippen molar-refractivity contribution in [1.82, 2.24) is 9.88 Å². The van der Waals surface area contributed by atoms with Crippen molar-refractivity contribution in [1.29, 1.82) is 0 Å². The van der Waals surface area contributed by atoms with Gasteiger partial charge in [0.25, 0.3) is 0 Å². The Morgan fingerprint density at radius 2 is 1.53 bits per heavy atom. The molecule has 0 unspecified atom stereocenters. The molecule has 5 aliphatic rings. The van der Waals surface area contributed by atoms with E-state index in [1.54, 1.807) is 61.4 Å². The molecule has 4 aliphatic heterocycles. The zero-order chi connectivity index (χ0) is 59.5. The SMILES string of the molecule is COc1ccc(N(CCS[C@@H]2C(=O)O[C@@]3(C)[C@H]2[C@@H](C)C(=O)[C@H](C)C[C@@](C)(OC)[C@H](O[C@@H]2O[C@H](C)C[C@@H](OC)[C@@H]2N(C)C)[C@@H](C)[C@H](O[C@H]2C[C@@](C)(OC)[C@@H](O)[C@H](C)O2)[C@@H](C)C(=O)O[C@@H]3I)Cc2c(Cl)cncc2Cl)cc1OC1CCCC1. The second-order valence-corrected chi connectivity index (χ2v) is 27.1. The number of aromatic nitrogens is 1. The quantitative estimate of drug-likeness (QED) is 0.0841. The van der Waals surface area contributed by atoms with Crippen LogP contribution in [0.1, 0.15) is 113 Å². The summed E-state index contributed by atoms with van der Waals surface area (Å²) in [6.07, 6.45) is 2.29. The van der Waals surface area contributed by atoms with Gasteiger partial charge in [0.15, 0.2) is 33.8 Å². The number of aliphatic hydroxyl groups is 1. The van der Waals surface area contributed by atoms with Crippen LogP contribution < -0.4 is 14.4 Å². The van der Waals surface area contributed by atoms with Crippen LogP contribution in [0, 0.1) is 29.6 Å². The molecule has 0 spiro atoms. The number of carbonyl (C=O) groups is 3. The van der Waals surface area contributed by atoms with Crippen molar-refractivity contribution in [3.63, 3.8) is 0 Å². The highest BCUT2D eigenvalue weighted by atomic mass is 127. The number of hydrogen-bond acceptors (Lipinski definition) is 19. The maximum atomic E-state index is 15.5. The summed E-state index contributed by atoms with van der Waals surface area (Å²) in [6, 6.07) is 5.43. The first kappa shape index (κ1) is 66.2. The largest absolute Gasteiger partial charge is 0.493 e. The Kier molecular flexibility index (Phi) is 22.9. The Hall–Kier alpha value is -2.32. The number of methoxy groups -OCH3 is 4. The minimum absolute atomic E-state index is 0.0710. The van der Waals surface area contributed by atoms with Crippen molar-refractivity contribution in [3.8, 4) is 11.5 Å². The number of anilines is 1. The number of nitrogens with zero attached hydrogens (tertiary/aromatic N) is 3. The van der Waals surface area contributed by atoms with Crippen LogP contribution in [0.4, 0.5) is 5.69 Å². The van der Waals surface area contributed by atoms with E-state index in [9.17, 15) is 9.90 Å². The third-order valence-electron chi connectivity index (χ3n) is 17.9. The van der Waals surface area contributed by atoms with Gasteiger partial charge in [-0.1, -0.05) is 44.0 Å². The fourth-order valence-corrected chi connectivity index (χ4v) is 15.8. The number of aliphatic hydroxyl groups excluding tert-OH is 1. The maximum Gasteiger partial charge on any atom is 0.320 e. The van der Waals surface area contributed by atoms with Gasteiger partial charge in [0, 0.05) is 106 Å². The Morgan fingerprint density at radius 3 is 2.15 bits per heavy atom. The molecule has 1 saturated carbocycles. The van der Waals surface area contributed by atoms with Crippen LogP contribution in [0.15, 0.2) is 30.6 Å². The monoisotopic (exact) mass is 1310 g/mol. The molecule has 22 heteroatoms. The number of ketones is 1. The Bertz CT molecular complexity index is 2450. The number of Topliss-reactive ketones (excluding diaryl/α,β-unsaturated/α-hetero) is 1. The molecule has 2 aromatic rings. The van der Waals surface area contributed by atoms with Gasteiger partial charge in [-0.15, -0.1) is 11.8 Å². The molecule has 0 radical (unpaired) electrons. The number of cyclic esters (lactones) is 1. The number of thioether (sulfide) groups is 1. The van der Waals surface area contributed by atoms with Crippen LogP contribution in [0.2, 0.25) is 10.0 Å². The predicted molar refractivity (Wildman–Crippen MR) is 318 cm³/mol. The summed E-state index contributed by atoms with van der Waals surface area (Å²) in [5.41, 5.74) is -2.30. The van der Waals surface area contributed by atoms with Crippen LogP contribution in [-0.2, 0) is 63.6 Å². The third kappa shape index (κ3) is 14.6. The molecule has 0 bridgehead atoms. The summed E-state index contributed by atoms with van der Waals surface area (Å²) >= 11 is 16.9. The number of halogens is 3. The molecule has 1 N–H and O–H groups in total. The second kappa shape index (κ2) is 28.0. The molecular weight excluding hydrogens is 1220 g/mol. The normalized spacial score (nSPS) is 38.3. The molecular formula is C59H88Cl2IN3O15S. The molecule has 7 rings (SSSR count). The van der Waals surface area contributed by atoms with Gasteiger partial charge in [-0.2, -0.15) is 0 Å². The zero-order valence-electron chi connectivity index (χ0n) is 49.8. The number of alkyl halides is 1. The second-order valence-electron chi connectivity index (χ2n) is 23.9. The lowest BCUT2D eigenvalue weighted by atomic mass is 9.72. The van der Waals surface area contributed by atoms with Crippen molar-refractivity contribution in [2.24, 2.45) is 29.6 Å². The molecule has 0 amide bonds. The molecule has 1 aromatic carbocycles. The molecule has 19 atom stereocenters. The third-order valence-corrected chi connectivity index (χ3v) is 21.4. The highest BCUT2D eigenvalue weighted by Gasteiger charge is 2.62. The summed E-state index contributed by atoms with van der Waals surface area (Å²) < 4.78 is 70.1. The van der Waals surface area contributed by atoms with E-state index in [1.807, 2.05) is 94.4 Å². The lowest BCUT2D eigenvalue weighted by molar-refractivity contribution is -0.316. The number of rotatable bonds is 18. The number of carbonyl (C=O) groups excluding carboxylic acids is 3. The van der Waals surface area contributed by atoms with Crippen molar-refractivity contribution in [2.45, 2.75) is 201 Å². The van der Waals surface area contributed by atoms with Gasteiger partial charge in [0.2, 0.25) is 0 Å². The van der Waals surface area contributed by atoms with Gasteiger partial charge in [0.1, 0.15) is 17.1 Å². The molecule has 5 fully saturated rings. The number of benzene rings is 1. The van der Waals surface area contributed by atoms with Crippen LogP contribution in [-0.4, -0.2) is 175 Å². The summed E-state index contributed by atoms with van der Waals surface area (Å²) in [6.45, 7) is 17.2. The number of hydrogen-bond donors (Lipinski definition) is 1. The fourth-order valence-electron chi connectivity index (χ4n) is 13.1. The predicted octanol–water partition coefficient (Wildman–Crippen LogP) is 9.74. The molecule has 4 saturated heterocycles. The van der Waals surface area contributed by atoms with E-state index in [0.29, 0.717) is 52.4 Å². The average Bonchev–Trinajstić information content (AvgIpc) is 4.30. The van der Waals surface area contributed by atoms with Crippen LogP contribution in [0.3, 0.4) is 0 Å². The van der Waals surface area contributed by atoms with Gasteiger partial charge >= 0.3 is 11.9 Å². The summed E-state index contributed by atoms with van der Waals surface area (Å²) in [4.78, 5) is 53.6. The van der Waals surface area contributed by atoms with Crippen molar-refractivity contribution in [2.75, 3.05) is 59.7 Å². The maximum absolute atomic E-state index is 15.5. The Labute approximate surface area is 507 Å². The van der Waals surface area contributed by atoms with Crippen molar-refractivity contribution in [3.05, 3.63) is 46.2 Å². The van der Waals surface area contributed by atoms with E-state index in [1.165, 1.54) is 18.9 Å². The first-order valence-corrected chi connectivity index (χ1v) is 31.5. The minimum Gasteiger partial charge on any atom is -0.493 e. The van der Waals surface area contributed by atoms with Gasteiger partial charge in [0.05, 0.1) is 76.9 Å². The van der Waals surface area contributed by atoms with E-state index in [4.69, 9.17) is 75.3 Å². The van der Waals surface area contributed by atoms with Crippen LogP contribution in [0.5, 0.6) is 11.5 Å².